The number of alkyl halides is 2. The van der Waals surface area contributed by atoms with Crippen molar-refractivity contribution in [1.29, 1.82) is 0 Å². The molecule has 1 aromatic rings. The SMILES string of the molecule is OC(CCOCC(F)F)Cc1ccc(F)cc1. The van der Waals surface area contributed by atoms with E-state index in [1.807, 2.05) is 0 Å². The van der Waals surface area contributed by atoms with Gasteiger partial charge in [-0.3, -0.25) is 0 Å². The summed E-state index contributed by atoms with van der Waals surface area (Å²) in [6.45, 7) is -0.518. The number of halogens is 3. The molecule has 0 amide bonds. The summed E-state index contributed by atoms with van der Waals surface area (Å²) < 4.78 is 40.7. The van der Waals surface area contributed by atoms with Gasteiger partial charge in [-0.05, 0) is 30.5 Å². The predicted octanol–water partition coefficient (Wildman–Crippen LogP) is 2.40. The first kappa shape index (κ1) is 14.0. The quantitative estimate of drug-likeness (QED) is 0.751. The number of rotatable bonds is 7. The van der Waals surface area contributed by atoms with Crippen molar-refractivity contribution in [3.05, 3.63) is 35.6 Å². The van der Waals surface area contributed by atoms with Gasteiger partial charge in [-0.1, -0.05) is 12.1 Å². The van der Waals surface area contributed by atoms with Gasteiger partial charge >= 0.3 is 0 Å². The van der Waals surface area contributed by atoms with E-state index in [9.17, 15) is 18.3 Å². The highest BCUT2D eigenvalue weighted by Gasteiger charge is 2.07. The number of benzene rings is 1. The van der Waals surface area contributed by atoms with Crippen LogP contribution in [0.5, 0.6) is 0 Å². The van der Waals surface area contributed by atoms with Crippen molar-refractivity contribution in [2.45, 2.75) is 25.4 Å². The number of hydrogen-bond donors (Lipinski definition) is 1. The van der Waals surface area contributed by atoms with Crippen molar-refractivity contribution < 1.29 is 23.0 Å². The summed E-state index contributed by atoms with van der Waals surface area (Å²) in [6, 6.07) is 5.79. The predicted molar refractivity (Wildman–Crippen MR) is 57.6 cm³/mol. The van der Waals surface area contributed by atoms with Crippen LogP contribution in [0.2, 0.25) is 0 Å². The topological polar surface area (TPSA) is 29.5 Å². The molecule has 1 unspecified atom stereocenters. The van der Waals surface area contributed by atoms with E-state index in [0.29, 0.717) is 6.42 Å². The van der Waals surface area contributed by atoms with Crippen LogP contribution in [-0.4, -0.2) is 30.8 Å². The molecule has 0 spiro atoms. The number of aliphatic hydroxyl groups excluding tert-OH is 1. The zero-order valence-electron chi connectivity index (χ0n) is 9.28. The number of hydrogen-bond acceptors (Lipinski definition) is 2. The Kier molecular flexibility index (Phi) is 6.00. The molecule has 0 heterocycles. The van der Waals surface area contributed by atoms with E-state index in [0.717, 1.165) is 5.56 Å². The van der Waals surface area contributed by atoms with Crippen molar-refractivity contribution in [2.24, 2.45) is 0 Å². The van der Waals surface area contributed by atoms with Crippen molar-refractivity contribution in [1.82, 2.24) is 0 Å². The van der Waals surface area contributed by atoms with Gasteiger partial charge in [0.15, 0.2) is 0 Å². The van der Waals surface area contributed by atoms with Gasteiger partial charge in [0.2, 0.25) is 0 Å². The molecular weight excluding hydrogens is 233 g/mol. The Morgan fingerprint density at radius 3 is 2.41 bits per heavy atom. The average Bonchev–Trinajstić information content (AvgIpc) is 2.27. The highest BCUT2D eigenvalue weighted by molar-refractivity contribution is 5.16. The molecule has 1 aromatic carbocycles. The minimum Gasteiger partial charge on any atom is -0.393 e. The lowest BCUT2D eigenvalue weighted by molar-refractivity contribution is 0.00512. The van der Waals surface area contributed by atoms with Crippen molar-refractivity contribution in [3.8, 4) is 0 Å². The van der Waals surface area contributed by atoms with Crippen molar-refractivity contribution >= 4 is 0 Å². The van der Waals surface area contributed by atoms with Crippen LogP contribution in [0.15, 0.2) is 24.3 Å². The Morgan fingerprint density at radius 2 is 1.82 bits per heavy atom. The van der Waals surface area contributed by atoms with Gasteiger partial charge in [-0.25, -0.2) is 13.2 Å². The van der Waals surface area contributed by atoms with Gasteiger partial charge in [-0.2, -0.15) is 0 Å². The normalized spacial score (nSPS) is 13.0. The van der Waals surface area contributed by atoms with Gasteiger partial charge < -0.3 is 9.84 Å². The Labute approximate surface area is 98.0 Å². The Bertz CT molecular complexity index is 314. The maximum Gasteiger partial charge on any atom is 0.261 e. The van der Waals surface area contributed by atoms with Crippen LogP contribution < -0.4 is 0 Å². The highest BCUT2D eigenvalue weighted by atomic mass is 19.3. The molecule has 2 nitrogen and oxygen atoms in total. The van der Waals surface area contributed by atoms with Gasteiger partial charge in [0.25, 0.3) is 6.43 Å². The third-order valence-electron chi connectivity index (χ3n) is 2.22. The molecule has 0 aliphatic rings. The molecule has 0 aliphatic carbocycles. The van der Waals surface area contributed by atoms with Crippen LogP contribution in [0.3, 0.4) is 0 Å². The fourth-order valence-corrected chi connectivity index (χ4v) is 1.39. The van der Waals surface area contributed by atoms with Crippen LogP contribution in [0.4, 0.5) is 13.2 Å². The van der Waals surface area contributed by atoms with E-state index in [1.54, 1.807) is 12.1 Å². The minimum atomic E-state index is -2.48. The van der Waals surface area contributed by atoms with Gasteiger partial charge in [0.1, 0.15) is 12.4 Å². The lowest BCUT2D eigenvalue weighted by Crippen LogP contribution is -2.15. The lowest BCUT2D eigenvalue weighted by Gasteiger charge is -2.10. The van der Waals surface area contributed by atoms with E-state index < -0.39 is 19.1 Å². The summed E-state index contributed by atoms with van der Waals surface area (Å²) in [4.78, 5) is 0. The molecule has 0 fully saturated rings. The smallest absolute Gasteiger partial charge is 0.261 e. The molecule has 5 heteroatoms. The molecule has 0 aliphatic heterocycles. The minimum absolute atomic E-state index is 0.0900. The van der Waals surface area contributed by atoms with Gasteiger partial charge in [-0.15, -0.1) is 0 Å². The zero-order valence-corrected chi connectivity index (χ0v) is 9.28. The van der Waals surface area contributed by atoms with E-state index in [-0.39, 0.29) is 18.8 Å². The Balaban J connectivity index is 2.20. The monoisotopic (exact) mass is 248 g/mol. The third kappa shape index (κ3) is 6.28. The molecule has 0 aromatic heterocycles. The summed E-state index contributed by atoms with van der Waals surface area (Å²) in [7, 11) is 0. The fourth-order valence-electron chi connectivity index (χ4n) is 1.39. The van der Waals surface area contributed by atoms with Crippen molar-refractivity contribution in [2.75, 3.05) is 13.2 Å². The third-order valence-corrected chi connectivity index (χ3v) is 2.22. The second kappa shape index (κ2) is 7.29. The summed E-state index contributed by atoms with van der Waals surface area (Å²) in [5.74, 6) is -0.330. The van der Waals surface area contributed by atoms with Crippen LogP contribution in [-0.2, 0) is 11.2 Å². The average molecular weight is 248 g/mol. The molecule has 96 valence electrons. The lowest BCUT2D eigenvalue weighted by atomic mass is 10.1. The molecular formula is C12H15F3O2. The molecule has 0 saturated heterocycles. The maximum absolute atomic E-state index is 12.6. The molecule has 0 bridgehead atoms. The van der Waals surface area contributed by atoms with Crippen LogP contribution in [0.1, 0.15) is 12.0 Å². The second-order valence-corrected chi connectivity index (χ2v) is 3.74. The molecule has 1 N–H and O–H groups in total. The largest absolute Gasteiger partial charge is 0.393 e. The number of ether oxygens (including phenoxy) is 1. The summed E-state index contributed by atoms with van der Waals surface area (Å²) in [5, 5.41) is 9.58. The van der Waals surface area contributed by atoms with Crippen LogP contribution >= 0.6 is 0 Å². The van der Waals surface area contributed by atoms with Crippen molar-refractivity contribution in [3.63, 3.8) is 0 Å². The van der Waals surface area contributed by atoms with E-state index in [1.165, 1.54) is 12.1 Å². The number of aliphatic hydroxyl groups is 1. The first-order chi connectivity index (χ1) is 8.08. The standard InChI is InChI=1S/C12H15F3O2/c13-10-3-1-9(2-4-10)7-11(16)5-6-17-8-12(14)15/h1-4,11-12,16H,5-8H2. The summed E-state index contributed by atoms with van der Waals surface area (Å²) in [5.41, 5.74) is 0.799. The molecule has 0 radical (unpaired) electrons. The van der Waals surface area contributed by atoms with E-state index >= 15 is 0 Å². The molecule has 17 heavy (non-hydrogen) atoms. The summed E-state index contributed by atoms with van der Waals surface area (Å²) >= 11 is 0. The molecule has 1 rings (SSSR count). The van der Waals surface area contributed by atoms with Gasteiger partial charge in [0.05, 0.1) is 6.10 Å². The first-order valence-corrected chi connectivity index (χ1v) is 5.36. The van der Waals surface area contributed by atoms with Crippen LogP contribution in [0, 0.1) is 5.82 Å². The molecule has 1 atom stereocenters. The zero-order chi connectivity index (χ0) is 12.7. The Hall–Kier alpha value is -1.07. The highest BCUT2D eigenvalue weighted by Crippen LogP contribution is 2.08. The first-order valence-electron chi connectivity index (χ1n) is 5.36. The van der Waals surface area contributed by atoms with Crippen LogP contribution in [0.25, 0.3) is 0 Å². The Morgan fingerprint density at radius 1 is 1.18 bits per heavy atom. The maximum atomic E-state index is 12.6. The fraction of sp³-hybridized carbons (Fsp3) is 0.500. The van der Waals surface area contributed by atoms with E-state index in [2.05, 4.69) is 4.74 Å². The van der Waals surface area contributed by atoms with Gasteiger partial charge in [0, 0.05) is 6.61 Å². The second-order valence-electron chi connectivity index (χ2n) is 3.74. The van der Waals surface area contributed by atoms with E-state index in [4.69, 9.17) is 0 Å². The summed E-state index contributed by atoms with van der Waals surface area (Å²) in [6.07, 6.45) is -2.51. The molecule has 0 saturated carbocycles.